The number of halogens is 2. The molecule has 0 aromatic carbocycles. The smallest absolute Gasteiger partial charge is 0.248 e. The van der Waals surface area contributed by atoms with Gasteiger partial charge in [-0.2, -0.15) is 0 Å². The quantitative estimate of drug-likeness (QED) is 0.772. The summed E-state index contributed by atoms with van der Waals surface area (Å²) in [4.78, 5) is 13.0. The van der Waals surface area contributed by atoms with Crippen LogP contribution in [0.15, 0.2) is 0 Å². The fourth-order valence-electron chi connectivity index (χ4n) is 1.88. The molecule has 0 aromatic heterocycles. The van der Waals surface area contributed by atoms with Crippen LogP contribution in [0.3, 0.4) is 0 Å². The summed E-state index contributed by atoms with van der Waals surface area (Å²) in [5.74, 6) is -3.17. The maximum atomic E-state index is 13.0. The molecule has 88 valence electrons. The number of hydrogen-bond donors (Lipinski definition) is 1. The number of alkyl halides is 2. The Balaban J connectivity index is 2.33. The Hall–Kier alpha value is -0.710. The minimum atomic E-state index is -2.58. The molecule has 1 aliphatic heterocycles. The molecule has 0 aromatic rings. The van der Waals surface area contributed by atoms with Crippen molar-refractivity contribution in [3.63, 3.8) is 0 Å². The summed E-state index contributed by atoms with van der Waals surface area (Å²) < 4.78 is 25.9. The van der Waals surface area contributed by atoms with Crippen molar-refractivity contribution in [3.8, 4) is 0 Å². The van der Waals surface area contributed by atoms with E-state index in [9.17, 15) is 13.6 Å². The summed E-state index contributed by atoms with van der Waals surface area (Å²) in [5, 5.41) is 2.52. The molecule has 15 heavy (non-hydrogen) atoms. The Labute approximate surface area is 88.8 Å². The lowest BCUT2D eigenvalue weighted by atomic mass is 9.91. The summed E-state index contributed by atoms with van der Waals surface area (Å²) in [7, 11) is 1.58. The van der Waals surface area contributed by atoms with E-state index >= 15 is 0 Å². The highest BCUT2D eigenvalue weighted by molar-refractivity contribution is 5.77. The van der Waals surface area contributed by atoms with E-state index in [-0.39, 0.29) is 5.91 Å². The van der Waals surface area contributed by atoms with E-state index in [0.717, 1.165) is 6.92 Å². The van der Waals surface area contributed by atoms with Gasteiger partial charge in [-0.25, -0.2) is 8.78 Å². The maximum Gasteiger partial charge on any atom is 0.248 e. The molecule has 0 spiro atoms. The molecule has 5 heteroatoms. The van der Waals surface area contributed by atoms with Gasteiger partial charge in [-0.15, -0.1) is 0 Å². The molecule has 1 fully saturated rings. The van der Waals surface area contributed by atoms with Gasteiger partial charge in [0.15, 0.2) is 0 Å². The van der Waals surface area contributed by atoms with Crippen LogP contribution in [0.25, 0.3) is 0 Å². The van der Waals surface area contributed by atoms with E-state index in [1.807, 2.05) is 4.90 Å². The minimum Gasteiger partial charge on any atom is -0.358 e. The van der Waals surface area contributed by atoms with Crippen molar-refractivity contribution in [2.24, 2.45) is 5.92 Å². The van der Waals surface area contributed by atoms with E-state index in [1.165, 1.54) is 0 Å². The van der Waals surface area contributed by atoms with E-state index in [0.29, 0.717) is 32.5 Å². The van der Waals surface area contributed by atoms with Gasteiger partial charge < -0.3 is 5.32 Å². The van der Waals surface area contributed by atoms with Crippen LogP contribution in [0.4, 0.5) is 8.78 Å². The minimum absolute atomic E-state index is 0.0586. The van der Waals surface area contributed by atoms with Crippen molar-refractivity contribution >= 4 is 5.91 Å². The first kappa shape index (κ1) is 12.4. The van der Waals surface area contributed by atoms with Gasteiger partial charge in [0.2, 0.25) is 11.8 Å². The Morgan fingerprint density at radius 3 is 2.40 bits per heavy atom. The van der Waals surface area contributed by atoms with Crippen LogP contribution in [0, 0.1) is 5.92 Å². The lowest BCUT2D eigenvalue weighted by molar-refractivity contribution is -0.122. The van der Waals surface area contributed by atoms with Gasteiger partial charge in [0, 0.05) is 13.0 Å². The maximum absolute atomic E-state index is 13.0. The first-order chi connectivity index (χ1) is 6.93. The van der Waals surface area contributed by atoms with Crippen LogP contribution in [-0.4, -0.2) is 43.4 Å². The third-order valence-electron chi connectivity index (χ3n) is 2.95. The fraction of sp³-hybridized carbons (Fsp3) is 0.900. The van der Waals surface area contributed by atoms with Crippen molar-refractivity contribution in [1.82, 2.24) is 10.2 Å². The van der Waals surface area contributed by atoms with Gasteiger partial charge in [0.1, 0.15) is 0 Å². The molecular weight excluding hydrogens is 202 g/mol. The average molecular weight is 220 g/mol. The van der Waals surface area contributed by atoms with Crippen LogP contribution < -0.4 is 5.32 Å². The molecule has 3 nitrogen and oxygen atoms in total. The Morgan fingerprint density at radius 2 is 2.00 bits per heavy atom. The molecule has 0 saturated carbocycles. The Kier molecular flexibility index (Phi) is 4.02. The zero-order valence-corrected chi connectivity index (χ0v) is 9.22. The highest BCUT2D eigenvalue weighted by atomic mass is 19.3. The van der Waals surface area contributed by atoms with E-state index < -0.39 is 11.8 Å². The summed E-state index contributed by atoms with van der Waals surface area (Å²) in [6.45, 7) is 2.47. The number of hydrogen-bond acceptors (Lipinski definition) is 2. The number of nitrogens with zero attached hydrogens (tertiary/aromatic N) is 1. The molecule has 0 radical (unpaired) electrons. The van der Waals surface area contributed by atoms with Gasteiger partial charge in [-0.1, -0.05) is 0 Å². The van der Waals surface area contributed by atoms with Crippen LogP contribution >= 0.6 is 0 Å². The molecule has 1 saturated heterocycles. The summed E-state index contributed by atoms with van der Waals surface area (Å²) in [5.41, 5.74) is 0. The second-order valence-corrected chi connectivity index (χ2v) is 4.18. The monoisotopic (exact) mass is 220 g/mol. The van der Waals surface area contributed by atoms with E-state index in [2.05, 4.69) is 5.32 Å². The number of rotatable bonds is 3. The van der Waals surface area contributed by atoms with Crippen molar-refractivity contribution in [2.45, 2.75) is 25.7 Å². The number of carbonyl (C=O) groups excluding carboxylic acids is 1. The van der Waals surface area contributed by atoms with Crippen molar-refractivity contribution in [3.05, 3.63) is 0 Å². The highest BCUT2D eigenvalue weighted by Gasteiger charge is 2.36. The van der Waals surface area contributed by atoms with E-state index in [1.54, 1.807) is 7.05 Å². The Bertz CT molecular complexity index is 220. The summed E-state index contributed by atoms with van der Waals surface area (Å²) in [6, 6.07) is 0. The van der Waals surface area contributed by atoms with Gasteiger partial charge in [0.25, 0.3) is 0 Å². The van der Waals surface area contributed by atoms with E-state index in [4.69, 9.17) is 0 Å². The van der Waals surface area contributed by atoms with Gasteiger partial charge in [0.05, 0.1) is 6.54 Å². The molecule has 0 unspecified atom stereocenters. The number of carbonyl (C=O) groups is 1. The van der Waals surface area contributed by atoms with Gasteiger partial charge in [-0.05, 0) is 32.9 Å². The predicted molar refractivity (Wildman–Crippen MR) is 53.9 cm³/mol. The molecule has 1 aliphatic rings. The second kappa shape index (κ2) is 4.88. The zero-order chi connectivity index (χ0) is 11.5. The standard InChI is InChI=1S/C10H18F2N2O/c1-10(11,12)8-3-5-14(6-4-8)7-9(15)13-2/h8H,3-7H2,1-2H3,(H,13,15). The summed E-state index contributed by atoms with van der Waals surface area (Å²) >= 11 is 0. The first-order valence-electron chi connectivity index (χ1n) is 5.24. The number of likely N-dealkylation sites (N-methyl/N-ethyl adjacent to an activating group) is 1. The summed E-state index contributed by atoms with van der Waals surface area (Å²) in [6.07, 6.45) is 0.945. The van der Waals surface area contributed by atoms with Crippen molar-refractivity contribution < 1.29 is 13.6 Å². The highest BCUT2D eigenvalue weighted by Crippen LogP contribution is 2.32. The van der Waals surface area contributed by atoms with Crippen LogP contribution in [-0.2, 0) is 4.79 Å². The van der Waals surface area contributed by atoms with Crippen LogP contribution in [0.1, 0.15) is 19.8 Å². The molecule has 1 amide bonds. The molecule has 1 N–H and O–H groups in total. The van der Waals surface area contributed by atoms with Crippen molar-refractivity contribution in [1.29, 1.82) is 0 Å². The molecular formula is C10H18F2N2O. The average Bonchev–Trinajstić information content (AvgIpc) is 2.17. The molecule has 1 rings (SSSR count). The largest absolute Gasteiger partial charge is 0.358 e. The number of amides is 1. The van der Waals surface area contributed by atoms with Gasteiger partial charge >= 0.3 is 0 Å². The molecule has 0 bridgehead atoms. The first-order valence-corrected chi connectivity index (χ1v) is 5.24. The topological polar surface area (TPSA) is 32.3 Å². The van der Waals surface area contributed by atoms with Crippen LogP contribution in [0.5, 0.6) is 0 Å². The SMILES string of the molecule is CNC(=O)CN1CCC(C(C)(F)F)CC1. The normalized spacial score (nSPS) is 20.3. The third-order valence-corrected chi connectivity index (χ3v) is 2.95. The second-order valence-electron chi connectivity index (χ2n) is 4.18. The Morgan fingerprint density at radius 1 is 1.47 bits per heavy atom. The van der Waals surface area contributed by atoms with Crippen LogP contribution in [0.2, 0.25) is 0 Å². The predicted octanol–water partition coefficient (Wildman–Crippen LogP) is 1.10. The lowest BCUT2D eigenvalue weighted by Gasteiger charge is -2.33. The fourth-order valence-corrected chi connectivity index (χ4v) is 1.88. The molecule has 0 aliphatic carbocycles. The third kappa shape index (κ3) is 3.74. The molecule has 1 heterocycles. The lowest BCUT2D eigenvalue weighted by Crippen LogP contribution is -2.43. The number of piperidine rings is 1. The zero-order valence-electron chi connectivity index (χ0n) is 9.22. The van der Waals surface area contributed by atoms with Gasteiger partial charge in [-0.3, -0.25) is 9.69 Å². The molecule has 0 atom stereocenters. The van der Waals surface area contributed by atoms with Crippen molar-refractivity contribution in [2.75, 3.05) is 26.7 Å². The number of nitrogens with one attached hydrogen (secondary N) is 1. The number of likely N-dealkylation sites (tertiary alicyclic amines) is 1.